The maximum Gasteiger partial charge on any atom is 0.208 e. The fraction of sp³-hybridized carbons (Fsp3) is 0.111. The third kappa shape index (κ3) is 2.72. The average molecular weight is 422 g/mol. The van der Waals surface area contributed by atoms with E-state index in [2.05, 4.69) is 15.9 Å². The Hall–Kier alpha value is -1.50. The van der Waals surface area contributed by atoms with Crippen LogP contribution < -0.4 is 9.04 Å². The molecule has 0 bridgehead atoms. The second kappa shape index (κ2) is 6.43. The van der Waals surface area contributed by atoms with Crippen molar-refractivity contribution in [3.8, 4) is 16.2 Å². The highest BCUT2D eigenvalue weighted by atomic mass is 79.9. The van der Waals surface area contributed by atoms with Crippen LogP contribution in [-0.4, -0.2) is 7.11 Å². The van der Waals surface area contributed by atoms with Gasteiger partial charge in [0.25, 0.3) is 0 Å². The molecule has 0 N–H and O–H groups in total. The number of benzene rings is 2. The maximum atomic E-state index is 15.2. The van der Waals surface area contributed by atoms with Gasteiger partial charge in [0.15, 0.2) is 0 Å². The van der Waals surface area contributed by atoms with Gasteiger partial charge in [0.2, 0.25) is 6.30 Å². The minimum Gasteiger partial charge on any atom is -0.497 e. The number of thiophene rings is 1. The van der Waals surface area contributed by atoms with Crippen molar-refractivity contribution in [1.29, 1.82) is 0 Å². The molecule has 24 heavy (non-hydrogen) atoms. The molecule has 1 aliphatic rings. The molecule has 0 radical (unpaired) electrons. The predicted octanol–water partition coefficient (Wildman–Crippen LogP) is 6.68. The Kier molecular flexibility index (Phi) is 4.28. The zero-order chi connectivity index (χ0) is 16.7. The van der Waals surface area contributed by atoms with Crippen molar-refractivity contribution in [1.82, 2.24) is 0 Å². The van der Waals surface area contributed by atoms with Crippen molar-refractivity contribution in [2.24, 2.45) is 0 Å². The Labute approximate surface area is 156 Å². The van der Waals surface area contributed by atoms with Gasteiger partial charge < -0.3 is 4.74 Å². The number of hydrogen-bond acceptors (Lipinski definition) is 4. The molecule has 0 aliphatic carbocycles. The summed E-state index contributed by atoms with van der Waals surface area (Å²) in [6.07, 6.45) is -1.19. The highest BCUT2D eigenvalue weighted by Gasteiger charge is 2.33. The Balaban J connectivity index is 1.75. The van der Waals surface area contributed by atoms with E-state index in [4.69, 9.17) is 4.74 Å². The molecule has 0 fully saturated rings. The van der Waals surface area contributed by atoms with Crippen molar-refractivity contribution in [3.05, 3.63) is 63.9 Å². The van der Waals surface area contributed by atoms with E-state index in [0.29, 0.717) is 5.56 Å². The molecular formula is C18H13BrFNOS2. The third-order valence-corrected chi connectivity index (χ3v) is 6.57. The van der Waals surface area contributed by atoms with Crippen LogP contribution in [0.15, 0.2) is 63.3 Å². The lowest BCUT2D eigenvalue weighted by molar-refractivity contribution is 0.362. The van der Waals surface area contributed by atoms with E-state index in [1.54, 1.807) is 22.8 Å². The number of halogens is 2. The smallest absolute Gasteiger partial charge is 0.208 e. The standard InChI is InChI=1S/C18H13BrFNOS2/c1-22-11-6-8-12(9-7-11)24-21-15-10-16(19)23-17(15)13-4-2-3-5-14(13)18(21)20/h2-10,18H,1H3. The van der Waals surface area contributed by atoms with E-state index in [1.807, 2.05) is 54.6 Å². The summed E-state index contributed by atoms with van der Waals surface area (Å²) in [6.45, 7) is 0. The summed E-state index contributed by atoms with van der Waals surface area (Å²) < 4.78 is 23.1. The van der Waals surface area contributed by atoms with Crippen molar-refractivity contribution < 1.29 is 9.13 Å². The molecule has 0 saturated heterocycles. The van der Waals surface area contributed by atoms with Crippen LogP contribution in [-0.2, 0) is 0 Å². The molecule has 4 rings (SSSR count). The maximum absolute atomic E-state index is 15.2. The molecule has 1 unspecified atom stereocenters. The molecule has 0 spiro atoms. The number of methoxy groups -OCH3 is 1. The first-order chi connectivity index (χ1) is 11.7. The molecule has 0 amide bonds. The molecule has 1 aliphatic heterocycles. The molecule has 1 aromatic heterocycles. The summed E-state index contributed by atoms with van der Waals surface area (Å²) in [5, 5.41) is 0. The molecule has 0 saturated carbocycles. The van der Waals surface area contributed by atoms with Gasteiger partial charge in [-0.15, -0.1) is 11.3 Å². The van der Waals surface area contributed by atoms with Crippen LogP contribution in [0.25, 0.3) is 10.4 Å². The van der Waals surface area contributed by atoms with Gasteiger partial charge >= 0.3 is 0 Å². The lowest BCUT2D eigenvalue weighted by Gasteiger charge is -2.32. The number of ether oxygens (including phenoxy) is 1. The molecule has 122 valence electrons. The second-order valence-corrected chi connectivity index (χ2v) is 8.76. The zero-order valence-electron chi connectivity index (χ0n) is 12.7. The minimum atomic E-state index is -1.19. The van der Waals surface area contributed by atoms with Gasteiger partial charge in [0, 0.05) is 16.0 Å². The fourth-order valence-electron chi connectivity index (χ4n) is 2.71. The summed E-state index contributed by atoms with van der Waals surface area (Å²) in [6, 6.07) is 17.3. The van der Waals surface area contributed by atoms with E-state index in [1.165, 1.54) is 11.9 Å². The van der Waals surface area contributed by atoms with Crippen molar-refractivity contribution in [3.63, 3.8) is 0 Å². The number of hydrogen-bond donors (Lipinski definition) is 0. The quantitative estimate of drug-likeness (QED) is 0.345. The Morgan fingerprint density at radius 3 is 2.67 bits per heavy atom. The van der Waals surface area contributed by atoms with Crippen molar-refractivity contribution in [2.75, 3.05) is 11.4 Å². The van der Waals surface area contributed by atoms with Gasteiger partial charge in [-0.1, -0.05) is 24.3 Å². The van der Waals surface area contributed by atoms with E-state index < -0.39 is 6.30 Å². The largest absolute Gasteiger partial charge is 0.497 e. The summed E-state index contributed by atoms with van der Waals surface area (Å²) in [4.78, 5) is 2.05. The highest BCUT2D eigenvalue weighted by molar-refractivity contribution is 9.11. The molecule has 2 heterocycles. The zero-order valence-corrected chi connectivity index (χ0v) is 15.9. The summed E-state index contributed by atoms with van der Waals surface area (Å²) in [5.41, 5.74) is 2.58. The van der Waals surface area contributed by atoms with Crippen molar-refractivity contribution in [2.45, 2.75) is 11.2 Å². The number of rotatable bonds is 3. The van der Waals surface area contributed by atoms with Gasteiger partial charge in [0.1, 0.15) is 5.75 Å². The normalized spacial score (nSPS) is 15.8. The molecule has 2 nitrogen and oxygen atoms in total. The van der Waals surface area contributed by atoms with E-state index in [0.717, 1.165) is 30.6 Å². The van der Waals surface area contributed by atoms with Gasteiger partial charge in [0.05, 0.1) is 21.5 Å². The lowest BCUT2D eigenvalue weighted by Crippen LogP contribution is -2.22. The predicted molar refractivity (Wildman–Crippen MR) is 103 cm³/mol. The Morgan fingerprint density at radius 2 is 1.92 bits per heavy atom. The third-order valence-electron chi connectivity index (χ3n) is 3.85. The lowest BCUT2D eigenvalue weighted by atomic mass is 10.0. The van der Waals surface area contributed by atoms with E-state index in [9.17, 15) is 0 Å². The van der Waals surface area contributed by atoms with Crippen LogP contribution in [0.2, 0.25) is 0 Å². The molecule has 6 heteroatoms. The molecule has 1 atom stereocenters. The highest BCUT2D eigenvalue weighted by Crippen LogP contribution is 2.53. The van der Waals surface area contributed by atoms with Gasteiger partial charge in [-0.25, -0.2) is 4.39 Å². The molecule has 2 aromatic carbocycles. The van der Waals surface area contributed by atoms with Crippen molar-refractivity contribution >= 4 is 44.9 Å². The minimum absolute atomic E-state index is 0.709. The van der Waals surface area contributed by atoms with E-state index in [-0.39, 0.29) is 0 Å². The fourth-order valence-corrected chi connectivity index (χ4v) is 5.33. The summed E-state index contributed by atoms with van der Waals surface area (Å²) in [5.74, 6) is 0.791. The summed E-state index contributed by atoms with van der Waals surface area (Å²) in [7, 11) is 1.64. The van der Waals surface area contributed by atoms with Crippen LogP contribution in [0.3, 0.4) is 0 Å². The van der Waals surface area contributed by atoms with Crippen LogP contribution in [0.5, 0.6) is 5.75 Å². The van der Waals surface area contributed by atoms with Crippen LogP contribution in [0, 0.1) is 0 Å². The monoisotopic (exact) mass is 421 g/mol. The number of alkyl halides is 1. The molecular weight excluding hydrogens is 409 g/mol. The Morgan fingerprint density at radius 1 is 1.17 bits per heavy atom. The first kappa shape index (κ1) is 16.0. The SMILES string of the molecule is COc1ccc(SN2c3cc(Br)sc3-c3ccccc3C2F)cc1. The number of anilines is 1. The first-order valence-electron chi connectivity index (χ1n) is 7.31. The topological polar surface area (TPSA) is 12.5 Å². The Bertz CT molecular complexity index is 881. The number of nitrogens with zero attached hydrogens (tertiary/aromatic N) is 1. The van der Waals surface area contributed by atoms with Crippen LogP contribution >= 0.6 is 39.2 Å². The van der Waals surface area contributed by atoms with E-state index >= 15 is 4.39 Å². The van der Waals surface area contributed by atoms with Gasteiger partial charge in [-0.3, -0.25) is 4.31 Å². The van der Waals surface area contributed by atoms with Crippen LogP contribution in [0.4, 0.5) is 10.1 Å². The van der Waals surface area contributed by atoms with Crippen LogP contribution in [0.1, 0.15) is 11.9 Å². The average Bonchev–Trinajstić information content (AvgIpc) is 3.01. The summed E-state index contributed by atoms with van der Waals surface area (Å²) >= 11 is 6.57. The number of fused-ring (bicyclic) bond motifs is 3. The van der Waals surface area contributed by atoms with Gasteiger partial charge in [-0.05, 0) is 58.2 Å². The molecule has 3 aromatic rings. The second-order valence-electron chi connectivity index (χ2n) is 5.28. The first-order valence-corrected chi connectivity index (χ1v) is 9.69. The van der Waals surface area contributed by atoms with Gasteiger partial charge in [-0.2, -0.15) is 0 Å².